The lowest BCUT2D eigenvalue weighted by atomic mass is 10.1. The summed E-state index contributed by atoms with van der Waals surface area (Å²) in [5, 5.41) is 15.5. The average molecular weight is 618 g/mol. The zero-order valence-corrected chi connectivity index (χ0v) is 23.6. The molecule has 6 heterocycles. The Bertz CT molecular complexity index is 1370. The van der Waals surface area contributed by atoms with Crippen molar-refractivity contribution in [2.24, 2.45) is 5.73 Å². The van der Waals surface area contributed by atoms with E-state index in [4.69, 9.17) is 5.11 Å². The fraction of sp³-hybridized carbons (Fsp3) is 0.556. The van der Waals surface area contributed by atoms with Crippen LogP contribution in [0.15, 0.2) is 12.1 Å². The number of carbonyl (C=O) groups excluding carboxylic acids is 1. The van der Waals surface area contributed by atoms with Crippen molar-refractivity contribution < 1.29 is 41.0 Å². The topological polar surface area (TPSA) is 137 Å². The number of aryl methyl sites for hydroxylation is 2. The molecule has 2 fully saturated rings. The first kappa shape index (κ1) is 32.1. The molecule has 0 radical (unpaired) electrons. The van der Waals surface area contributed by atoms with Gasteiger partial charge >= 0.3 is 18.3 Å². The van der Waals surface area contributed by atoms with Gasteiger partial charge in [-0.2, -0.15) is 26.3 Å². The quantitative estimate of drug-likeness (QED) is 0.286. The first-order valence-electron chi connectivity index (χ1n) is 13.7. The predicted octanol–water partition coefficient (Wildman–Crippen LogP) is 4.52. The maximum absolute atomic E-state index is 12.2. The molecule has 4 bridgehead atoms. The number of halogens is 6. The molecule has 2 atom stereocenters. The van der Waals surface area contributed by atoms with Crippen LogP contribution in [0.1, 0.15) is 57.8 Å². The number of Topliss-reactive ketones (excluding diaryl/α,β-unsaturated/α-hetero) is 1. The van der Waals surface area contributed by atoms with Crippen LogP contribution in [0.25, 0.3) is 0 Å². The summed E-state index contributed by atoms with van der Waals surface area (Å²) in [6.45, 7) is 6.45. The lowest BCUT2D eigenvalue weighted by Gasteiger charge is -2.29. The third-order valence-corrected chi connectivity index (χ3v) is 7.43. The summed E-state index contributed by atoms with van der Waals surface area (Å²) in [4.78, 5) is 35.7. The minimum atomic E-state index is -4.32. The Hall–Kier alpha value is -3.82. The number of aromatic carboxylic acids is 1. The molecule has 0 saturated carbocycles. The zero-order valence-electron chi connectivity index (χ0n) is 23.6. The Labute approximate surface area is 243 Å². The van der Waals surface area contributed by atoms with Crippen LogP contribution in [0.3, 0.4) is 0 Å². The SMILES string of the molecule is Cc1cc(C(=O)CCC(F)(F)F)nc2c1N1CC[C@@H](C1)N2.Cc1cc(C(=O)O)nc2c1N1CC[C@@H](C1)N2.NCC(F)(F)F. The van der Waals surface area contributed by atoms with Gasteiger partial charge in [0.2, 0.25) is 0 Å². The third-order valence-electron chi connectivity index (χ3n) is 7.43. The van der Waals surface area contributed by atoms with Gasteiger partial charge in [0.1, 0.15) is 5.69 Å². The van der Waals surface area contributed by atoms with Crippen LogP contribution in [0.4, 0.5) is 49.4 Å². The van der Waals surface area contributed by atoms with Gasteiger partial charge in [-0.3, -0.25) is 4.79 Å². The number of carboxylic acid groups (broad SMARTS) is 1. The fourth-order valence-corrected chi connectivity index (χ4v) is 5.52. The van der Waals surface area contributed by atoms with E-state index < -0.39 is 43.5 Å². The molecule has 236 valence electrons. The number of alkyl halides is 6. The van der Waals surface area contributed by atoms with Crippen LogP contribution in [-0.4, -0.2) is 84.0 Å². The molecule has 4 aliphatic rings. The van der Waals surface area contributed by atoms with E-state index in [9.17, 15) is 35.9 Å². The van der Waals surface area contributed by atoms with Gasteiger partial charge in [0.15, 0.2) is 23.1 Å². The van der Waals surface area contributed by atoms with Gasteiger partial charge in [-0.25, -0.2) is 14.8 Å². The van der Waals surface area contributed by atoms with Gasteiger partial charge in [-0.15, -0.1) is 0 Å². The van der Waals surface area contributed by atoms with Gasteiger partial charge in [-0.05, 0) is 49.9 Å². The number of nitrogens with two attached hydrogens (primary N) is 1. The first-order chi connectivity index (χ1) is 20.0. The number of nitrogens with one attached hydrogen (secondary N) is 2. The van der Waals surface area contributed by atoms with E-state index in [1.165, 1.54) is 0 Å². The van der Waals surface area contributed by atoms with Crippen molar-refractivity contribution in [2.45, 2.75) is 64.0 Å². The second-order valence-electron chi connectivity index (χ2n) is 10.9. The summed E-state index contributed by atoms with van der Waals surface area (Å²) in [6, 6.07) is 3.97. The van der Waals surface area contributed by atoms with E-state index in [1.807, 2.05) is 13.8 Å². The van der Waals surface area contributed by atoms with Crippen molar-refractivity contribution in [3.05, 3.63) is 34.6 Å². The molecule has 0 spiro atoms. The van der Waals surface area contributed by atoms with Crippen molar-refractivity contribution in [1.29, 1.82) is 0 Å². The maximum atomic E-state index is 12.2. The van der Waals surface area contributed by atoms with E-state index in [-0.39, 0.29) is 11.4 Å². The van der Waals surface area contributed by atoms with Crippen LogP contribution in [0.2, 0.25) is 0 Å². The molecule has 0 amide bonds. The zero-order chi connectivity index (χ0) is 31.7. The number of ketones is 1. The number of anilines is 4. The molecule has 2 aromatic heterocycles. The number of aromatic nitrogens is 2. The molecular formula is C27H33F6N7O3. The smallest absolute Gasteiger partial charge is 0.400 e. The van der Waals surface area contributed by atoms with Gasteiger partial charge in [-0.1, -0.05) is 0 Å². The van der Waals surface area contributed by atoms with Crippen molar-refractivity contribution in [1.82, 2.24) is 9.97 Å². The second kappa shape index (κ2) is 12.4. The molecule has 0 unspecified atom stereocenters. The Morgan fingerprint density at radius 1 is 0.884 bits per heavy atom. The average Bonchev–Trinajstić information content (AvgIpc) is 3.48. The van der Waals surface area contributed by atoms with Crippen LogP contribution in [0.5, 0.6) is 0 Å². The summed E-state index contributed by atoms with van der Waals surface area (Å²) in [6.07, 6.45) is -8.05. The van der Waals surface area contributed by atoms with E-state index in [2.05, 4.69) is 36.1 Å². The van der Waals surface area contributed by atoms with Crippen LogP contribution in [-0.2, 0) is 0 Å². The highest BCUT2D eigenvalue weighted by Gasteiger charge is 2.34. The number of carboxylic acids is 1. The van der Waals surface area contributed by atoms with E-state index >= 15 is 0 Å². The van der Waals surface area contributed by atoms with Crippen molar-refractivity contribution in [2.75, 3.05) is 53.2 Å². The highest BCUT2D eigenvalue weighted by Crippen LogP contribution is 2.38. The number of hydrogen-bond acceptors (Lipinski definition) is 9. The first-order valence-corrected chi connectivity index (χ1v) is 13.7. The molecule has 4 aliphatic heterocycles. The summed E-state index contributed by atoms with van der Waals surface area (Å²) >= 11 is 0. The van der Waals surface area contributed by atoms with Gasteiger partial charge < -0.3 is 31.3 Å². The summed E-state index contributed by atoms with van der Waals surface area (Å²) in [5.74, 6) is -0.182. The fourth-order valence-electron chi connectivity index (χ4n) is 5.52. The minimum absolute atomic E-state index is 0.116. The Kier molecular flexibility index (Phi) is 9.27. The maximum Gasteiger partial charge on any atom is 0.400 e. The van der Waals surface area contributed by atoms with Crippen molar-refractivity contribution in [3.63, 3.8) is 0 Å². The van der Waals surface area contributed by atoms with Crippen LogP contribution in [0, 0.1) is 13.8 Å². The number of carbonyl (C=O) groups is 2. The summed E-state index contributed by atoms with van der Waals surface area (Å²) in [7, 11) is 0. The lowest BCUT2D eigenvalue weighted by molar-refractivity contribution is -0.133. The molecule has 2 saturated heterocycles. The lowest BCUT2D eigenvalue weighted by Crippen LogP contribution is -2.33. The molecule has 0 aliphatic carbocycles. The Balaban J connectivity index is 0.000000170. The molecule has 6 rings (SSSR count). The van der Waals surface area contributed by atoms with Crippen LogP contribution < -0.4 is 26.2 Å². The van der Waals surface area contributed by atoms with E-state index in [0.717, 1.165) is 67.3 Å². The third kappa shape index (κ3) is 7.97. The molecule has 10 nitrogen and oxygen atoms in total. The second-order valence-corrected chi connectivity index (χ2v) is 10.9. The molecule has 16 heteroatoms. The van der Waals surface area contributed by atoms with E-state index in [1.54, 1.807) is 12.1 Å². The molecular weight excluding hydrogens is 584 g/mol. The van der Waals surface area contributed by atoms with Crippen LogP contribution >= 0.6 is 0 Å². The number of pyridine rings is 2. The number of fused-ring (bicyclic) bond motifs is 8. The minimum Gasteiger partial charge on any atom is -0.477 e. The standard InChI is InChI=1S/C14H16F3N3O.C11H13N3O2.C2H4F3N/c1-8-6-10(11(21)2-4-14(15,16)17)19-13-12(8)20-5-3-9(7-20)18-13;1-6-4-8(11(15)16)13-10-9(6)14-3-2-7(5-14)12-10;3-2(4,5)1-6/h6,9H,2-5,7H2,1H3,(H,18,19);4,7H,2-3,5H2,1H3,(H,12,13)(H,15,16);1,6H2/t9-;7-;/m00./s1. The summed E-state index contributed by atoms with van der Waals surface area (Å²) in [5.41, 5.74) is 8.31. The molecule has 43 heavy (non-hydrogen) atoms. The monoisotopic (exact) mass is 617 g/mol. The largest absolute Gasteiger partial charge is 0.477 e. The Morgan fingerprint density at radius 3 is 1.74 bits per heavy atom. The molecule has 0 aromatic carbocycles. The summed E-state index contributed by atoms with van der Waals surface area (Å²) < 4.78 is 68.6. The van der Waals surface area contributed by atoms with Crippen molar-refractivity contribution in [3.8, 4) is 0 Å². The van der Waals surface area contributed by atoms with Crippen molar-refractivity contribution >= 4 is 34.8 Å². The Morgan fingerprint density at radius 2 is 1.33 bits per heavy atom. The van der Waals surface area contributed by atoms with Gasteiger partial charge in [0.25, 0.3) is 0 Å². The number of nitrogens with zero attached hydrogens (tertiary/aromatic N) is 4. The van der Waals surface area contributed by atoms with Gasteiger partial charge in [0.05, 0.1) is 24.3 Å². The highest BCUT2D eigenvalue weighted by atomic mass is 19.4. The molecule has 2 aromatic rings. The van der Waals surface area contributed by atoms with Gasteiger partial charge in [0, 0.05) is 44.7 Å². The predicted molar refractivity (Wildman–Crippen MR) is 148 cm³/mol. The number of hydrogen-bond donors (Lipinski definition) is 4. The highest BCUT2D eigenvalue weighted by molar-refractivity contribution is 5.96. The molecule has 5 N–H and O–H groups in total. The van der Waals surface area contributed by atoms with E-state index in [0.29, 0.717) is 17.9 Å². The number of rotatable bonds is 4. The normalized spacial score (nSPS) is 19.6.